The summed E-state index contributed by atoms with van der Waals surface area (Å²) in [6, 6.07) is 3.51. The van der Waals surface area contributed by atoms with Crippen molar-refractivity contribution < 1.29 is 0 Å². The van der Waals surface area contributed by atoms with Crippen molar-refractivity contribution in [2.45, 2.75) is 64.6 Å². The number of nitrogens with zero attached hydrogens (tertiary/aromatic N) is 1. The lowest BCUT2D eigenvalue weighted by molar-refractivity contribution is 0.251. The van der Waals surface area contributed by atoms with Crippen LogP contribution in [-0.4, -0.2) is 32.8 Å². The van der Waals surface area contributed by atoms with Gasteiger partial charge in [0.2, 0.25) is 0 Å². The molecule has 1 unspecified atom stereocenters. The smallest absolute Gasteiger partial charge is 0.0606 e. The maximum atomic E-state index is 2.67. The van der Waals surface area contributed by atoms with Gasteiger partial charge in [0.1, 0.15) is 0 Å². The molecule has 0 amide bonds. The SMILES string of the molecule is CC[SiH](C=CC(C)N1CCCCCC1)CC. The third-order valence-corrected chi connectivity index (χ3v) is 6.79. The summed E-state index contributed by atoms with van der Waals surface area (Å²) >= 11 is 0. The van der Waals surface area contributed by atoms with Crippen LogP contribution >= 0.6 is 0 Å². The molecule has 0 radical (unpaired) electrons. The summed E-state index contributed by atoms with van der Waals surface area (Å²) in [5.41, 5.74) is 2.58. The molecule has 0 saturated carbocycles. The van der Waals surface area contributed by atoms with E-state index in [1.54, 1.807) is 0 Å². The molecule has 1 nitrogen and oxygen atoms in total. The van der Waals surface area contributed by atoms with Crippen molar-refractivity contribution >= 4 is 8.80 Å². The van der Waals surface area contributed by atoms with E-state index in [2.05, 4.69) is 37.4 Å². The van der Waals surface area contributed by atoms with Crippen molar-refractivity contribution in [1.82, 2.24) is 4.90 Å². The monoisotopic (exact) mass is 239 g/mol. The van der Waals surface area contributed by atoms with Gasteiger partial charge in [-0.25, -0.2) is 0 Å². The third kappa shape index (κ3) is 4.83. The summed E-state index contributed by atoms with van der Waals surface area (Å²) in [7, 11) is -0.521. The number of hydrogen-bond acceptors (Lipinski definition) is 1. The standard InChI is InChI=1S/C14H29NSi/c1-4-16(5-2)13-10-14(3)15-11-8-6-7-9-12-15/h10,13-14,16H,4-9,11-12H2,1-3H3. The first-order valence-corrected chi connectivity index (χ1v) is 9.50. The van der Waals surface area contributed by atoms with Crippen LogP contribution in [0.25, 0.3) is 0 Å². The molecular weight excluding hydrogens is 210 g/mol. The highest BCUT2D eigenvalue weighted by Gasteiger charge is 2.13. The second-order valence-electron chi connectivity index (χ2n) is 5.15. The van der Waals surface area contributed by atoms with Gasteiger partial charge in [-0.15, -0.1) is 5.70 Å². The third-order valence-electron chi connectivity index (χ3n) is 3.93. The molecule has 1 rings (SSSR count). The van der Waals surface area contributed by atoms with Crippen molar-refractivity contribution in [3.63, 3.8) is 0 Å². The minimum Gasteiger partial charge on any atom is -0.297 e. The second-order valence-corrected chi connectivity index (χ2v) is 8.69. The molecule has 1 atom stereocenters. The maximum Gasteiger partial charge on any atom is 0.0606 e. The van der Waals surface area contributed by atoms with Gasteiger partial charge in [-0.3, -0.25) is 4.90 Å². The molecule has 0 N–H and O–H groups in total. The molecule has 0 aromatic rings. The van der Waals surface area contributed by atoms with Gasteiger partial charge < -0.3 is 0 Å². The molecule has 1 aliphatic heterocycles. The van der Waals surface area contributed by atoms with E-state index >= 15 is 0 Å². The van der Waals surface area contributed by atoms with Crippen molar-refractivity contribution in [3.05, 3.63) is 11.8 Å². The van der Waals surface area contributed by atoms with Gasteiger partial charge >= 0.3 is 0 Å². The molecule has 0 aromatic heterocycles. The van der Waals surface area contributed by atoms with Crippen molar-refractivity contribution in [3.8, 4) is 0 Å². The predicted octanol–water partition coefficient (Wildman–Crippen LogP) is 3.61. The van der Waals surface area contributed by atoms with E-state index in [1.807, 2.05) is 0 Å². The Hall–Kier alpha value is -0.0831. The van der Waals surface area contributed by atoms with Crippen LogP contribution in [-0.2, 0) is 0 Å². The van der Waals surface area contributed by atoms with Gasteiger partial charge in [-0.2, -0.15) is 0 Å². The number of rotatable bonds is 5. The van der Waals surface area contributed by atoms with Gasteiger partial charge in [-0.05, 0) is 32.9 Å². The Morgan fingerprint density at radius 3 is 2.12 bits per heavy atom. The Kier molecular flexibility index (Phi) is 7.05. The van der Waals surface area contributed by atoms with E-state index in [4.69, 9.17) is 0 Å². The summed E-state index contributed by atoms with van der Waals surface area (Å²) in [6.07, 6.45) is 8.18. The summed E-state index contributed by atoms with van der Waals surface area (Å²) in [5.74, 6) is 0. The Morgan fingerprint density at radius 1 is 1.06 bits per heavy atom. The predicted molar refractivity (Wildman–Crippen MR) is 76.8 cm³/mol. The number of likely N-dealkylation sites (tertiary alicyclic amines) is 1. The van der Waals surface area contributed by atoms with E-state index in [9.17, 15) is 0 Å². The lowest BCUT2D eigenvalue weighted by Crippen LogP contribution is -2.32. The van der Waals surface area contributed by atoms with E-state index < -0.39 is 8.80 Å². The van der Waals surface area contributed by atoms with Crippen molar-refractivity contribution in [1.29, 1.82) is 0 Å². The zero-order valence-corrected chi connectivity index (χ0v) is 12.6. The zero-order valence-electron chi connectivity index (χ0n) is 11.4. The molecule has 16 heavy (non-hydrogen) atoms. The molecule has 1 aliphatic rings. The maximum absolute atomic E-state index is 2.67. The minimum absolute atomic E-state index is 0.521. The molecule has 94 valence electrons. The van der Waals surface area contributed by atoms with Crippen LogP contribution in [0.15, 0.2) is 11.8 Å². The molecule has 1 saturated heterocycles. The summed E-state index contributed by atoms with van der Waals surface area (Å²) in [6.45, 7) is 9.70. The van der Waals surface area contributed by atoms with Crippen LogP contribution < -0.4 is 0 Å². The van der Waals surface area contributed by atoms with E-state index in [1.165, 1.54) is 50.9 Å². The first-order chi connectivity index (χ1) is 7.77. The highest BCUT2D eigenvalue weighted by atomic mass is 28.3. The lowest BCUT2D eigenvalue weighted by Gasteiger charge is -2.25. The lowest BCUT2D eigenvalue weighted by atomic mass is 10.2. The molecule has 0 bridgehead atoms. The van der Waals surface area contributed by atoms with Gasteiger partial charge in [-0.1, -0.05) is 44.9 Å². The summed E-state index contributed by atoms with van der Waals surface area (Å²) < 4.78 is 0. The first kappa shape index (κ1) is 14.0. The van der Waals surface area contributed by atoms with Crippen LogP contribution in [0.5, 0.6) is 0 Å². The number of hydrogen-bond donors (Lipinski definition) is 0. The second kappa shape index (κ2) is 8.07. The molecule has 0 aliphatic carbocycles. The first-order valence-electron chi connectivity index (χ1n) is 7.20. The van der Waals surface area contributed by atoms with Crippen molar-refractivity contribution in [2.75, 3.05) is 13.1 Å². The van der Waals surface area contributed by atoms with Crippen molar-refractivity contribution in [2.24, 2.45) is 0 Å². The van der Waals surface area contributed by atoms with Gasteiger partial charge in [0, 0.05) is 6.04 Å². The zero-order chi connectivity index (χ0) is 11.8. The van der Waals surface area contributed by atoms with Crippen LogP contribution in [0.2, 0.25) is 12.1 Å². The van der Waals surface area contributed by atoms with Crippen LogP contribution in [0.3, 0.4) is 0 Å². The molecule has 0 spiro atoms. The Labute approximate surface area is 104 Å². The average Bonchev–Trinajstić information content (AvgIpc) is 2.58. The summed E-state index contributed by atoms with van der Waals surface area (Å²) in [5, 5.41) is 0. The minimum atomic E-state index is -0.521. The summed E-state index contributed by atoms with van der Waals surface area (Å²) in [4.78, 5) is 2.67. The quantitative estimate of drug-likeness (QED) is 0.663. The van der Waals surface area contributed by atoms with Gasteiger partial charge in [0.15, 0.2) is 0 Å². The van der Waals surface area contributed by atoms with E-state index in [0.717, 1.165) is 0 Å². The fourth-order valence-electron chi connectivity index (χ4n) is 2.50. The average molecular weight is 239 g/mol. The molecule has 0 aromatic carbocycles. The van der Waals surface area contributed by atoms with Crippen LogP contribution in [0.1, 0.15) is 46.5 Å². The van der Waals surface area contributed by atoms with E-state index in [-0.39, 0.29) is 0 Å². The Balaban J connectivity index is 2.39. The largest absolute Gasteiger partial charge is 0.297 e. The van der Waals surface area contributed by atoms with Gasteiger partial charge in [0.25, 0.3) is 0 Å². The highest BCUT2D eigenvalue weighted by Crippen LogP contribution is 2.13. The van der Waals surface area contributed by atoms with Crippen LogP contribution in [0.4, 0.5) is 0 Å². The highest BCUT2D eigenvalue weighted by molar-refractivity contribution is 6.64. The Bertz CT molecular complexity index is 191. The van der Waals surface area contributed by atoms with Gasteiger partial charge in [0.05, 0.1) is 8.80 Å². The molecule has 1 heterocycles. The van der Waals surface area contributed by atoms with E-state index in [0.29, 0.717) is 6.04 Å². The fraction of sp³-hybridized carbons (Fsp3) is 0.857. The molecule has 1 fully saturated rings. The topological polar surface area (TPSA) is 3.24 Å². The molecule has 2 heteroatoms. The van der Waals surface area contributed by atoms with Crippen LogP contribution in [0, 0.1) is 0 Å². The Morgan fingerprint density at radius 2 is 1.62 bits per heavy atom. The normalized spacial score (nSPS) is 21.5. The fourth-order valence-corrected chi connectivity index (χ4v) is 4.26. The molecular formula is C14H29NSi.